The number of benzene rings is 1. The van der Waals surface area contributed by atoms with Crippen molar-refractivity contribution in [2.45, 2.75) is 39.4 Å². The lowest BCUT2D eigenvalue weighted by molar-refractivity contribution is -0.223. The molecule has 1 aliphatic heterocycles. The Bertz CT molecular complexity index is 504. The van der Waals surface area contributed by atoms with Gasteiger partial charge in [-0.05, 0) is 31.0 Å². The summed E-state index contributed by atoms with van der Waals surface area (Å²) in [6, 6.07) is 4.96. The second-order valence-corrected chi connectivity index (χ2v) is 6.97. The summed E-state index contributed by atoms with van der Waals surface area (Å²) in [6.45, 7) is 5.60. The van der Waals surface area contributed by atoms with Crippen LogP contribution in [0.2, 0.25) is 10.0 Å². The molecular formula is C16H20Cl2O3. The summed E-state index contributed by atoms with van der Waals surface area (Å²) in [4.78, 5) is 12.1. The first-order valence-corrected chi connectivity index (χ1v) is 7.84. The van der Waals surface area contributed by atoms with Crippen molar-refractivity contribution in [1.29, 1.82) is 0 Å². The van der Waals surface area contributed by atoms with Crippen LogP contribution in [0.5, 0.6) is 0 Å². The van der Waals surface area contributed by atoms with Crippen LogP contribution in [0.1, 0.15) is 43.5 Å². The lowest BCUT2D eigenvalue weighted by Gasteiger charge is -2.34. The average Bonchev–Trinajstić information content (AvgIpc) is 2.43. The first-order valence-electron chi connectivity index (χ1n) is 7.09. The second kappa shape index (κ2) is 7.10. The summed E-state index contributed by atoms with van der Waals surface area (Å²) in [7, 11) is 0. The molecule has 0 N–H and O–H groups in total. The molecule has 1 heterocycles. The van der Waals surface area contributed by atoms with Gasteiger partial charge in [0.25, 0.3) is 0 Å². The van der Waals surface area contributed by atoms with Gasteiger partial charge in [-0.2, -0.15) is 0 Å². The highest BCUT2D eigenvalue weighted by Gasteiger charge is 2.28. The van der Waals surface area contributed by atoms with Gasteiger partial charge in [0.1, 0.15) is 0 Å². The minimum atomic E-state index is -0.195. The Morgan fingerprint density at radius 1 is 1.24 bits per heavy atom. The maximum Gasteiger partial charge on any atom is 0.162 e. The van der Waals surface area contributed by atoms with Crippen LogP contribution >= 0.6 is 23.2 Å². The number of carbonyl (C=O) groups is 1. The molecule has 116 valence electrons. The minimum Gasteiger partial charge on any atom is -0.352 e. The number of Topliss-reactive ketones (excluding diaryl/α,β-unsaturated/α-hetero) is 1. The molecule has 1 saturated heterocycles. The smallest absolute Gasteiger partial charge is 0.162 e. The number of carbonyl (C=O) groups excluding carboxylic acids is 1. The van der Waals surface area contributed by atoms with E-state index in [4.69, 9.17) is 32.7 Å². The number of hydrogen-bond acceptors (Lipinski definition) is 3. The van der Waals surface area contributed by atoms with E-state index in [9.17, 15) is 4.79 Å². The Labute approximate surface area is 135 Å². The van der Waals surface area contributed by atoms with Crippen LogP contribution in [-0.2, 0) is 9.47 Å². The Morgan fingerprint density at radius 2 is 1.90 bits per heavy atom. The largest absolute Gasteiger partial charge is 0.352 e. The Kier molecular flexibility index (Phi) is 5.67. The third-order valence-corrected chi connectivity index (χ3v) is 4.14. The van der Waals surface area contributed by atoms with Crippen molar-refractivity contribution >= 4 is 29.0 Å². The number of hydrogen-bond donors (Lipinski definition) is 0. The Balaban J connectivity index is 1.76. The van der Waals surface area contributed by atoms with Crippen LogP contribution < -0.4 is 0 Å². The van der Waals surface area contributed by atoms with Gasteiger partial charge in [-0.15, -0.1) is 0 Å². The topological polar surface area (TPSA) is 35.5 Å². The monoisotopic (exact) mass is 330 g/mol. The lowest BCUT2D eigenvalue weighted by Crippen LogP contribution is -2.37. The average molecular weight is 331 g/mol. The van der Waals surface area contributed by atoms with Gasteiger partial charge in [0.15, 0.2) is 12.1 Å². The molecule has 1 aromatic rings. The molecule has 5 heteroatoms. The van der Waals surface area contributed by atoms with Gasteiger partial charge in [-0.25, -0.2) is 0 Å². The molecule has 1 aliphatic rings. The van der Waals surface area contributed by atoms with Gasteiger partial charge in [0, 0.05) is 17.4 Å². The molecule has 0 spiro atoms. The van der Waals surface area contributed by atoms with E-state index in [1.807, 2.05) is 0 Å². The van der Waals surface area contributed by atoms with Crippen molar-refractivity contribution in [2.75, 3.05) is 13.2 Å². The molecule has 3 nitrogen and oxygen atoms in total. The van der Waals surface area contributed by atoms with Gasteiger partial charge < -0.3 is 9.47 Å². The fraction of sp³-hybridized carbons (Fsp3) is 0.562. The fourth-order valence-electron chi connectivity index (χ4n) is 2.14. The van der Waals surface area contributed by atoms with E-state index < -0.39 is 0 Å². The zero-order chi connectivity index (χ0) is 15.5. The van der Waals surface area contributed by atoms with E-state index in [2.05, 4.69) is 13.8 Å². The minimum absolute atomic E-state index is 0.0599. The number of ether oxygens (including phenoxy) is 2. The summed E-state index contributed by atoms with van der Waals surface area (Å²) >= 11 is 11.8. The Hall–Kier alpha value is -0.610. The molecule has 0 unspecified atom stereocenters. The highest BCUT2D eigenvalue weighted by Crippen LogP contribution is 2.26. The van der Waals surface area contributed by atoms with Gasteiger partial charge in [0.2, 0.25) is 0 Å². The lowest BCUT2D eigenvalue weighted by atomic mass is 9.95. The fourth-order valence-corrected chi connectivity index (χ4v) is 2.43. The van der Waals surface area contributed by atoms with E-state index in [1.165, 1.54) is 0 Å². The summed E-state index contributed by atoms with van der Waals surface area (Å²) in [6.07, 6.45) is 1.71. The number of ketones is 1. The molecule has 0 aliphatic carbocycles. The van der Waals surface area contributed by atoms with Crippen LogP contribution in [0, 0.1) is 5.41 Å². The normalized spacial score (nSPS) is 18.7. The molecule has 1 aromatic carbocycles. The third-order valence-electron chi connectivity index (χ3n) is 3.41. The van der Waals surface area contributed by atoms with E-state index in [0.29, 0.717) is 35.2 Å². The number of rotatable bonds is 5. The zero-order valence-corrected chi connectivity index (χ0v) is 13.8. The van der Waals surface area contributed by atoms with Gasteiger partial charge >= 0.3 is 0 Å². The first-order chi connectivity index (χ1) is 9.87. The predicted octanol–water partition coefficient (Wildman–Crippen LogP) is 4.75. The molecule has 0 atom stereocenters. The summed E-state index contributed by atoms with van der Waals surface area (Å²) in [5.74, 6) is 0.0599. The van der Waals surface area contributed by atoms with Gasteiger partial charge in [-0.1, -0.05) is 37.0 Å². The highest BCUT2D eigenvalue weighted by atomic mass is 35.5. The maximum absolute atomic E-state index is 12.1. The zero-order valence-electron chi connectivity index (χ0n) is 12.3. The molecule has 0 bridgehead atoms. The van der Waals surface area contributed by atoms with Crippen LogP contribution in [0.15, 0.2) is 18.2 Å². The molecule has 1 fully saturated rings. The van der Waals surface area contributed by atoms with Gasteiger partial charge in [-0.3, -0.25) is 4.79 Å². The molecule has 2 rings (SSSR count). The predicted molar refractivity (Wildman–Crippen MR) is 84.1 cm³/mol. The molecule has 21 heavy (non-hydrogen) atoms. The molecule has 0 amide bonds. The molecular weight excluding hydrogens is 311 g/mol. The molecule has 0 radical (unpaired) electrons. The quantitative estimate of drug-likeness (QED) is 0.731. The van der Waals surface area contributed by atoms with Crippen molar-refractivity contribution in [1.82, 2.24) is 0 Å². The van der Waals surface area contributed by atoms with Crippen LogP contribution in [0.3, 0.4) is 0 Å². The molecule has 0 aromatic heterocycles. The van der Waals surface area contributed by atoms with Crippen molar-refractivity contribution in [3.63, 3.8) is 0 Å². The molecule has 0 saturated carbocycles. The highest BCUT2D eigenvalue weighted by molar-refractivity contribution is 6.42. The first kappa shape index (κ1) is 16.8. The van der Waals surface area contributed by atoms with Crippen LogP contribution in [0.4, 0.5) is 0 Å². The van der Waals surface area contributed by atoms with Gasteiger partial charge in [0.05, 0.1) is 23.3 Å². The van der Waals surface area contributed by atoms with E-state index in [1.54, 1.807) is 18.2 Å². The van der Waals surface area contributed by atoms with E-state index in [-0.39, 0.29) is 17.5 Å². The van der Waals surface area contributed by atoms with Crippen molar-refractivity contribution < 1.29 is 14.3 Å². The number of halogens is 2. The van der Waals surface area contributed by atoms with E-state index >= 15 is 0 Å². The van der Waals surface area contributed by atoms with E-state index in [0.717, 1.165) is 12.8 Å². The second-order valence-electron chi connectivity index (χ2n) is 6.16. The Morgan fingerprint density at radius 3 is 2.52 bits per heavy atom. The van der Waals surface area contributed by atoms with Crippen LogP contribution in [-0.4, -0.2) is 25.3 Å². The van der Waals surface area contributed by atoms with Crippen molar-refractivity contribution in [2.24, 2.45) is 5.41 Å². The summed E-state index contributed by atoms with van der Waals surface area (Å²) < 4.78 is 11.3. The summed E-state index contributed by atoms with van der Waals surface area (Å²) in [5, 5.41) is 0.864. The SMILES string of the molecule is CC1(C)COC(CCCC(=O)c2ccc(Cl)c(Cl)c2)OC1. The van der Waals surface area contributed by atoms with Crippen molar-refractivity contribution in [3.8, 4) is 0 Å². The van der Waals surface area contributed by atoms with Crippen LogP contribution in [0.25, 0.3) is 0 Å². The summed E-state index contributed by atoms with van der Waals surface area (Å²) in [5.41, 5.74) is 0.669. The standard InChI is InChI=1S/C16H20Cl2O3/c1-16(2)9-20-15(21-10-16)5-3-4-14(19)11-6-7-12(17)13(18)8-11/h6-8,15H,3-5,9-10H2,1-2H3. The van der Waals surface area contributed by atoms with Crippen molar-refractivity contribution in [3.05, 3.63) is 33.8 Å². The third kappa shape index (κ3) is 4.96. The maximum atomic E-state index is 12.1.